The lowest BCUT2D eigenvalue weighted by Gasteiger charge is -2.30. The van der Waals surface area contributed by atoms with Gasteiger partial charge in [-0.2, -0.15) is 0 Å². The van der Waals surface area contributed by atoms with Crippen molar-refractivity contribution in [2.45, 2.75) is 33.9 Å². The molecule has 0 aromatic heterocycles. The molecule has 126 valence electrons. The molecule has 0 heterocycles. The predicted molar refractivity (Wildman–Crippen MR) is 93.6 cm³/mol. The lowest BCUT2D eigenvalue weighted by Crippen LogP contribution is -2.38. The minimum absolute atomic E-state index is 0.0343. The Morgan fingerprint density at radius 2 is 1.50 bits per heavy atom. The summed E-state index contributed by atoms with van der Waals surface area (Å²) in [5, 5.41) is 9.14. The summed E-state index contributed by atoms with van der Waals surface area (Å²) in [5.74, 6) is -0.930. The van der Waals surface area contributed by atoms with E-state index in [1.165, 1.54) is 0 Å². The Balaban J connectivity index is 2.27. The quantitative estimate of drug-likeness (QED) is 0.905. The van der Waals surface area contributed by atoms with E-state index in [0.717, 1.165) is 11.1 Å². The number of nitrogens with zero attached hydrogens (tertiary/aromatic N) is 1. The molecule has 1 amide bonds. The van der Waals surface area contributed by atoms with Crippen molar-refractivity contribution in [3.8, 4) is 0 Å². The Bertz CT molecular complexity index is 717. The molecule has 4 heteroatoms. The van der Waals surface area contributed by atoms with Crippen LogP contribution >= 0.6 is 0 Å². The zero-order valence-corrected chi connectivity index (χ0v) is 14.3. The zero-order valence-electron chi connectivity index (χ0n) is 14.3. The van der Waals surface area contributed by atoms with Gasteiger partial charge in [0.2, 0.25) is 5.91 Å². The molecule has 2 rings (SSSR count). The van der Waals surface area contributed by atoms with Crippen LogP contribution in [0.15, 0.2) is 54.6 Å². The van der Waals surface area contributed by atoms with E-state index in [1.54, 1.807) is 23.1 Å². The van der Waals surface area contributed by atoms with Gasteiger partial charge in [-0.25, -0.2) is 4.79 Å². The fraction of sp³-hybridized carbons (Fsp3) is 0.300. The van der Waals surface area contributed by atoms with Crippen LogP contribution < -0.4 is 0 Å². The van der Waals surface area contributed by atoms with Gasteiger partial charge in [-0.05, 0) is 23.3 Å². The van der Waals surface area contributed by atoms with Gasteiger partial charge in [-0.1, -0.05) is 63.2 Å². The third kappa shape index (κ3) is 4.69. The number of aromatic carboxylic acids is 1. The number of hydrogen-bond acceptors (Lipinski definition) is 2. The highest BCUT2D eigenvalue weighted by Crippen LogP contribution is 2.21. The fourth-order valence-electron chi connectivity index (χ4n) is 2.50. The molecule has 0 radical (unpaired) electrons. The molecule has 1 N–H and O–H groups in total. The first-order valence-electron chi connectivity index (χ1n) is 7.93. The van der Waals surface area contributed by atoms with Crippen LogP contribution in [0.3, 0.4) is 0 Å². The first-order chi connectivity index (χ1) is 11.3. The summed E-state index contributed by atoms with van der Waals surface area (Å²) >= 11 is 0. The molecule has 4 nitrogen and oxygen atoms in total. The number of amides is 1. The molecule has 0 aliphatic carbocycles. The van der Waals surface area contributed by atoms with Crippen LogP contribution in [0.2, 0.25) is 0 Å². The molecule has 0 aliphatic rings. The second-order valence-electron chi connectivity index (χ2n) is 6.90. The molecule has 0 saturated heterocycles. The van der Waals surface area contributed by atoms with E-state index in [2.05, 4.69) is 0 Å². The Hall–Kier alpha value is -2.62. The van der Waals surface area contributed by atoms with E-state index in [0.29, 0.717) is 13.1 Å². The van der Waals surface area contributed by atoms with Crippen LogP contribution in [-0.2, 0) is 17.9 Å². The van der Waals surface area contributed by atoms with E-state index in [9.17, 15) is 9.59 Å². The van der Waals surface area contributed by atoms with Gasteiger partial charge in [0, 0.05) is 18.5 Å². The second kappa shape index (κ2) is 7.30. The van der Waals surface area contributed by atoms with Gasteiger partial charge in [0.25, 0.3) is 0 Å². The molecule has 0 atom stereocenters. The number of benzene rings is 2. The van der Waals surface area contributed by atoms with Crippen LogP contribution in [0.25, 0.3) is 0 Å². The summed E-state index contributed by atoms with van der Waals surface area (Å²) in [6.07, 6.45) is 0. The van der Waals surface area contributed by atoms with Crippen molar-refractivity contribution in [1.82, 2.24) is 4.90 Å². The van der Waals surface area contributed by atoms with Gasteiger partial charge in [-0.15, -0.1) is 0 Å². The van der Waals surface area contributed by atoms with Crippen LogP contribution in [0, 0.1) is 5.41 Å². The topological polar surface area (TPSA) is 57.6 Å². The average Bonchev–Trinajstić information content (AvgIpc) is 2.54. The third-order valence-electron chi connectivity index (χ3n) is 3.69. The van der Waals surface area contributed by atoms with Crippen molar-refractivity contribution in [3.63, 3.8) is 0 Å². The number of hydrogen-bond donors (Lipinski definition) is 1. The molecule has 0 bridgehead atoms. The molecule has 0 saturated carbocycles. The first-order valence-corrected chi connectivity index (χ1v) is 7.93. The van der Waals surface area contributed by atoms with Crippen LogP contribution in [0.4, 0.5) is 0 Å². The maximum Gasteiger partial charge on any atom is 0.335 e. The van der Waals surface area contributed by atoms with Crippen LogP contribution in [0.1, 0.15) is 42.3 Å². The minimum atomic E-state index is -0.964. The van der Waals surface area contributed by atoms with Gasteiger partial charge in [0.15, 0.2) is 0 Å². The third-order valence-corrected chi connectivity index (χ3v) is 3.69. The standard InChI is InChI=1S/C20H23NO3/c1-20(2,3)19(24)21(13-15-8-5-4-6-9-15)14-16-10-7-11-17(12-16)18(22)23/h4-12H,13-14H2,1-3H3,(H,22,23). The maximum absolute atomic E-state index is 12.8. The maximum atomic E-state index is 12.8. The summed E-state index contributed by atoms with van der Waals surface area (Å²) in [6, 6.07) is 16.5. The molecular formula is C20H23NO3. The highest BCUT2D eigenvalue weighted by Gasteiger charge is 2.27. The Labute approximate surface area is 142 Å². The van der Waals surface area contributed by atoms with Gasteiger partial charge in [0.1, 0.15) is 0 Å². The van der Waals surface area contributed by atoms with Gasteiger partial charge >= 0.3 is 5.97 Å². The summed E-state index contributed by atoms with van der Waals surface area (Å²) in [6.45, 7) is 6.54. The Morgan fingerprint density at radius 1 is 0.917 bits per heavy atom. The zero-order chi connectivity index (χ0) is 17.7. The SMILES string of the molecule is CC(C)(C)C(=O)N(Cc1ccccc1)Cc1cccc(C(=O)O)c1. The molecule has 0 aliphatic heterocycles. The van der Waals surface area contributed by atoms with Crippen molar-refractivity contribution in [2.75, 3.05) is 0 Å². The van der Waals surface area contributed by atoms with Gasteiger partial charge in [-0.3, -0.25) is 4.79 Å². The van der Waals surface area contributed by atoms with Gasteiger partial charge < -0.3 is 10.0 Å². The van der Waals surface area contributed by atoms with E-state index in [-0.39, 0.29) is 11.5 Å². The van der Waals surface area contributed by atoms with Crippen molar-refractivity contribution in [1.29, 1.82) is 0 Å². The summed E-state index contributed by atoms with van der Waals surface area (Å²) in [4.78, 5) is 25.7. The highest BCUT2D eigenvalue weighted by molar-refractivity contribution is 5.87. The van der Waals surface area contributed by atoms with Crippen molar-refractivity contribution in [3.05, 3.63) is 71.3 Å². The molecule has 24 heavy (non-hydrogen) atoms. The largest absolute Gasteiger partial charge is 0.478 e. The van der Waals surface area contributed by atoms with Crippen LogP contribution in [-0.4, -0.2) is 21.9 Å². The van der Waals surface area contributed by atoms with Crippen molar-refractivity contribution >= 4 is 11.9 Å². The minimum Gasteiger partial charge on any atom is -0.478 e. The molecular weight excluding hydrogens is 302 g/mol. The number of carbonyl (C=O) groups excluding carboxylic acids is 1. The lowest BCUT2D eigenvalue weighted by molar-refractivity contribution is -0.140. The predicted octanol–water partition coefficient (Wildman–Crippen LogP) is 3.96. The fourth-order valence-corrected chi connectivity index (χ4v) is 2.50. The van der Waals surface area contributed by atoms with E-state index in [4.69, 9.17) is 5.11 Å². The Morgan fingerprint density at radius 3 is 2.08 bits per heavy atom. The summed E-state index contributed by atoms with van der Waals surface area (Å²) in [5.41, 5.74) is 1.59. The number of carboxylic acids is 1. The smallest absolute Gasteiger partial charge is 0.335 e. The average molecular weight is 325 g/mol. The molecule has 0 unspecified atom stereocenters. The van der Waals surface area contributed by atoms with Crippen molar-refractivity contribution < 1.29 is 14.7 Å². The number of carbonyl (C=O) groups is 2. The van der Waals surface area contributed by atoms with Crippen LogP contribution in [0.5, 0.6) is 0 Å². The molecule has 2 aromatic rings. The monoisotopic (exact) mass is 325 g/mol. The van der Waals surface area contributed by atoms with E-state index in [1.807, 2.05) is 57.2 Å². The normalized spacial score (nSPS) is 11.1. The Kier molecular flexibility index (Phi) is 5.39. The molecule has 0 fully saturated rings. The van der Waals surface area contributed by atoms with Crippen molar-refractivity contribution in [2.24, 2.45) is 5.41 Å². The van der Waals surface area contributed by atoms with E-state index >= 15 is 0 Å². The summed E-state index contributed by atoms with van der Waals surface area (Å²) < 4.78 is 0. The highest BCUT2D eigenvalue weighted by atomic mass is 16.4. The van der Waals surface area contributed by atoms with Gasteiger partial charge in [0.05, 0.1) is 5.56 Å². The second-order valence-corrected chi connectivity index (χ2v) is 6.90. The first kappa shape index (κ1) is 17.7. The summed E-state index contributed by atoms with van der Waals surface area (Å²) in [7, 11) is 0. The molecule has 2 aromatic carbocycles. The lowest BCUT2D eigenvalue weighted by atomic mass is 9.94. The molecule has 0 spiro atoms. The van der Waals surface area contributed by atoms with E-state index < -0.39 is 11.4 Å². The number of rotatable bonds is 5. The number of carboxylic acid groups (broad SMARTS) is 1.